The zero-order chi connectivity index (χ0) is 18.2. The fourth-order valence-electron chi connectivity index (χ4n) is 4.02. The summed E-state index contributed by atoms with van der Waals surface area (Å²) in [6.45, 7) is 6.42. The highest BCUT2D eigenvalue weighted by Crippen LogP contribution is 2.18. The maximum absolute atomic E-state index is 12.2. The van der Waals surface area contributed by atoms with Crippen LogP contribution in [0.2, 0.25) is 0 Å². The van der Waals surface area contributed by atoms with Crippen LogP contribution >= 0.6 is 0 Å². The minimum absolute atomic E-state index is 0.246. The highest BCUT2D eigenvalue weighted by Gasteiger charge is 2.22. The highest BCUT2D eigenvalue weighted by molar-refractivity contribution is 5.78. The van der Waals surface area contributed by atoms with E-state index in [1.165, 1.54) is 103 Å². The smallest absolute Gasteiger partial charge is 0.225 e. The average Bonchev–Trinajstić information content (AvgIpc) is 3.15. The quantitative estimate of drug-likeness (QED) is 0.271. The van der Waals surface area contributed by atoms with Gasteiger partial charge in [-0.1, -0.05) is 104 Å². The van der Waals surface area contributed by atoms with Gasteiger partial charge in [0.1, 0.15) is 0 Å². The van der Waals surface area contributed by atoms with Gasteiger partial charge in [-0.3, -0.25) is 4.79 Å². The molecule has 0 aliphatic carbocycles. The predicted molar refractivity (Wildman–Crippen MR) is 110 cm³/mol. The molecule has 1 saturated heterocycles. The normalized spacial score (nSPS) is 15.7. The molecule has 0 aromatic rings. The molecule has 2 heteroatoms. The summed E-state index contributed by atoms with van der Waals surface area (Å²) >= 11 is 0. The Morgan fingerprint density at radius 2 is 1.12 bits per heavy atom. The molecule has 1 aliphatic rings. The fraction of sp³-hybridized carbons (Fsp3) is 0.957. The van der Waals surface area contributed by atoms with Crippen LogP contribution in [0.3, 0.4) is 0 Å². The van der Waals surface area contributed by atoms with Crippen molar-refractivity contribution in [2.45, 2.75) is 123 Å². The third kappa shape index (κ3) is 11.7. The van der Waals surface area contributed by atoms with Gasteiger partial charge in [0, 0.05) is 19.0 Å². The van der Waals surface area contributed by atoms with Crippen LogP contribution in [-0.2, 0) is 4.79 Å². The Balaban J connectivity index is 1.79. The summed E-state index contributed by atoms with van der Waals surface area (Å²) in [5.74, 6) is 0.655. The van der Waals surface area contributed by atoms with Crippen molar-refractivity contribution in [3.8, 4) is 0 Å². The van der Waals surface area contributed by atoms with Crippen molar-refractivity contribution in [3.63, 3.8) is 0 Å². The maximum Gasteiger partial charge on any atom is 0.225 e. The second-order valence-corrected chi connectivity index (χ2v) is 8.32. The number of rotatable bonds is 16. The van der Waals surface area contributed by atoms with Crippen LogP contribution in [0.5, 0.6) is 0 Å². The minimum atomic E-state index is 0.246. The number of unbranched alkanes of at least 4 members (excludes halogenated alkanes) is 13. The second kappa shape index (κ2) is 15.7. The monoisotopic (exact) mass is 351 g/mol. The van der Waals surface area contributed by atoms with Crippen molar-refractivity contribution >= 4 is 5.91 Å². The van der Waals surface area contributed by atoms with Crippen LogP contribution in [0.25, 0.3) is 0 Å². The zero-order valence-electron chi connectivity index (χ0n) is 17.4. The first-order chi connectivity index (χ1) is 12.3. The Morgan fingerprint density at radius 1 is 0.720 bits per heavy atom. The van der Waals surface area contributed by atoms with Crippen molar-refractivity contribution < 1.29 is 4.79 Å². The molecule has 1 atom stereocenters. The van der Waals surface area contributed by atoms with Gasteiger partial charge < -0.3 is 4.90 Å². The summed E-state index contributed by atoms with van der Waals surface area (Å²) < 4.78 is 0. The van der Waals surface area contributed by atoms with Crippen molar-refractivity contribution in [1.82, 2.24) is 4.90 Å². The molecule has 1 unspecified atom stereocenters. The van der Waals surface area contributed by atoms with E-state index in [-0.39, 0.29) is 5.92 Å². The molecule has 1 amide bonds. The Labute approximate surface area is 158 Å². The summed E-state index contributed by atoms with van der Waals surface area (Å²) in [7, 11) is 0. The fourth-order valence-corrected chi connectivity index (χ4v) is 4.02. The SMILES string of the molecule is CCCCCCCCCCCCCCCCC(C)C(=O)N1CCCC1. The molecule has 0 spiro atoms. The number of hydrogen-bond donors (Lipinski definition) is 0. The molecule has 2 nitrogen and oxygen atoms in total. The number of carbonyl (C=O) groups is 1. The largest absolute Gasteiger partial charge is 0.342 e. The lowest BCUT2D eigenvalue weighted by molar-refractivity contribution is -0.134. The van der Waals surface area contributed by atoms with E-state index in [0.29, 0.717) is 5.91 Å². The van der Waals surface area contributed by atoms with Crippen LogP contribution in [0.4, 0.5) is 0 Å². The average molecular weight is 352 g/mol. The Morgan fingerprint density at radius 3 is 1.56 bits per heavy atom. The first kappa shape index (κ1) is 22.5. The van der Waals surface area contributed by atoms with Gasteiger partial charge in [-0.2, -0.15) is 0 Å². The molecule has 1 heterocycles. The highest BCUT2D eigenvalue weighted by atomic mass is 16.2. The lowest BCUT2D eigenvalue weighted by Crippen LogP contribution is -2.32. The van der Waals surface area contributed by atoms with E-state index in [0.717, 1.165) is 19.5 Å². The first-order valence-electron chi connectivity index (χ1n) is 11.5. The number of hydrogen-bond acceptors (Lipinski definition) is 1. The Bertz CT molecular complexity index is 309. The van der Waals surface area contributed by atoms with Crippen LogP contribution in [0.1, 0.15) is 123 Å². The Kier molecular flexibility index (Phi) is 14.1. The van der Waals surface area contributed by atoms with Gasteiger partial charge in [-0.15, -0.1) is 0 Å². The van der Waals surface area contributed by atoms with Gasteiger partial charge in [0.15, 0.2) is 0 Å². The van der Waals surface area contributed by atoms with Crippen molar-refractivity contribution in [3.05, 3.63) is 0 Å². The third-order valence-corrected chi connectivity index (χ3v) is 5.83. The molecule has 0 bridgehead atoms. The molecule has 1 rings (SSSR count). The molecule has 1 aliphatic heterocycles. The molecule has 0 aromatic carbocycles. The Hall–Kier alpha value is -0.530. The van der Waals surface area contributed by atoms with Gasteiger partial charge in [-0.05, 0) is 19.3 Å². The number of nitrogens with zero attached hydrogens (tertiary/aromatic N) is 1. The summed E-state index contributed by atoms with van der Waals surface area (Å²) in [6, 6.07) is 0. The van der Waals surface area contributed by atoms with E-state index < -0.39 is 0 Å². The molecular formula is C23H45NO. The topological polar surface area (TPSA) is 20.3 Å². The number of likely N-dealkylation sites (tertiary alicyclic amines) is 1. The first-order valence-corrected chi connectivity index (χ1v) is 11.5. The van der Waals surface area contributed by atoms with Crippen LogP contribution in [-0.4, -0.2) is 23.9 Å². The molecule has 0 aromatic heterocycles. The van der Waals surface area contributed by atoms with E-state index in [9.17, 15) is 4.79 Å². The molecule has 1 fully saturated rings. The van der Waals surface area contributed by atoms with Crippen LogP contribution in [0.15, 0.2) is 0 Å². The second-order valence-electron chi connectivity index (χ2n) is 8.32. The van der Waals surface area contributed by atoms with Gasteiger partial charge in [0.2, 0.25) is 5.91 Å². The molecular weight excluding hydrogens is 306 g/mol. The van der Waals surface area contributed by atoms with Gasteiger partial charge in [0.25, 0.3) is 0 Å². The van der Waals surface area contributed by atoms with E-state index >= 15 is 0 Å². The van der Waals surface area contributed by atoms with Gasteiger partial charge in [-0.25, -0.2) is 0 Å². The standard InChI is InChI=1S/C23H45NO/c1-3-4-5-6-7-8-9-10-11-12-13-14-15-16-19-22(2)23(25)24-20-17-18-21-24/h22H,3-21H2,1-2H3. The molecule has 0 saturated carbocycles. The van der Waals surface area contributed by atoms with Crippen molar-refractivity contribution in [2.24, 2.45) is 5.92 Å². The number of carbonyl (C=O) groups excluding carboxylic acids is 1. The molecule has 0 N–H and O–H groups in total. The van der Waals surface area contributed by atoms with E-state index in [1.54, 1.807) is 0 Å². The predicted octanol–water partition coefficient (Wildman–Crippen LogP) is 7.12. The lowest BCUT2D eigenvalue weighted by Gasteiger charge is -2.20. The van der Waals surface area contributed by atoms with Crippen molar-refractivity contribution in [1.29, 1.82) is 0 Å². The maximum atomic E-state index is 12.2. The van der Waals surface area contributed by atoms with Crippen LogP contribution < -0.4 is 0 Å². The van der Waals surface area contributed by atoms with Gasteiger partial charge >= 0.3 is 0 Å². The van der Waals surface area contributed by atoms with Gasteiger partial charge in [0.05, 0.1) is 0 Å². The summed E-state index contributed by atoms with van der Waals surface area (Å²) in [6.07, 6.45) is 23.1. The van der Waals surface area contributed by atoms with Crippen LogP contribution in [0, 0.1) is 5.92 Å². The minimum Gasteiger partial charge on any atom is -0.342 e. The molecule has 0 radical (unpaired) electrons. The van der Waals surface area contributed by atoms with E-state index in [2.05, 4.69) is 18.7 Å². The van der Waals surface area contributed by atoms with Crippen molar-refractivity contribution in [2.75, 3.05) is 13.1 Å². The summed E-state index contributed by atoms with van der Waals surface area (Å²) in [5.41, 5.74) is 0. The zero-order valence-corrected chi connectivity index (χ0v) is 17.4. The molecule has 25 heavy (non-hydrogen) atoms. The third-order valence-electron chi connectivity index (χ3n) is 5.83. The number of amides is 1. The molecule has 148 valence electrons. The van der Waals surface area contributed by atoms with E-state index in [1.807, 2.05) is 0 Å². The summed E-state index contributed by atoms with van der Waals surface area (Å²) in [5, 5.41) is 0. The lowest BCUT2D eigenvalue weighted by atomic mass is 10.00. The summed E-state index contributed by atoms with van der Waals surface area (Å²) in [4.78, 5) is 14.3. The van der Waals surface area contributed by atoms with E-state index in [4.69, 9.17) is 0 Å².